The molecule has 0 saturated carbocycles. The van der Waals surface area contributed by atoms with Crippen molar-refractivity contribution in [3.63, 3.8) is 0 Å². The van der Waals surface area contributed by atoms with Crippen LogP contribution in [0.1, 0.15) is 54.9 Å². The molecule has 1 rings (SSSR count). The van der Waals surface area contributed by atoms with Crippen LogP contribution in [0.2, 0.25) is 0 Å². The van der Waals surface area contributed by atoms with Gasteiger partial charge in [-0.2, -0.15) is 0 Å². The van der Waals surface area contributed by atoms with Crippen LogP contribution < -0.4 is 0 Å². The first kappa shape index (κ1) is 13.0. The molecule has 1 aliphatic rings. The first-order valence-corrected chi connectivity index (χ1v) is 6.41. The minimum absolute atomic E-state index is 0.341. The molecule has 2 atom stereocenters. The van der Waals surface area contributed by atoms with Crippen LogP contribution in [0.4, 0.5) is 0 Å². The molecule has 1 aliphatic heterocycles. The van der Waals surface area contributed by atoms with Crippen LogP contribution in [0.3, 0.4) is 0 Å². The third-order valence-electron chi connectivity index (χ3n) is 4.03. The van der Waals surface area contributed by atoms with Crippen molar-refractivity contribution in [3.05, 3.63) is 0 Å². The van der Waals surface area contributed by atoms with Gasteiger partial charge in [-0.1, -0.05) is 34.1 Å². The fourth-order valence-corrected chi connectivity index (χ4v) is 2.81. The summed E-state index contributed by atoms with van der Waals surface area (Å²) in [6, 6.07) is 0. The quantitative estimate of drug-likeness (QED) is 0.638. The lowest BCUT2D eigenvalue weighted by Gasteiger charge is -2.34. The molecule has 1 heteroatoms. The van der Waals surface area contributed by atoms with Gasteiger partial charge in [0, 0.05) is 18.6 Å². The third-order valence-corrected chi connectivity index (χ3v) is 4.03. The maximum absolute atomic E-state index is 2.66. The second-order valence-electron chi connectivity index (χ2n) is 7.22. The van der Waals surface area contributed by atoms with Crippen molar-refractivity contribution in [2.45, 2.75) is 60.4 Å². The van der Waals surface area contributed by atoms with E-state index >= 15 is 0 Å². The normalized spacial score (nSPS) is 29.8. The van der Waals surface area contributed by atoms with Gasteiger partial charge in [0.05, 0.1) is 0 Å². The highest BCUT2D eigenvalue weighted by Gasteiger charge is 2.41. The van der Waals surface area contributed by atoms with E-state index in [4.69, 9.17) is 0 Å². The van der Waals surface area contributed by atoms with Crippen LogP contribution in [0.25, 0.3) is 0 Å². The Labute approximate surface area is 96.2 Å². The van der Waals surface area contributed by atoms with Crippen LogP contribution in [0.15, 0.2) is 0 Å². The molecule has 1 heterocycles. The second-order valence-corrected chi connectivity index (χ2v) is 7.22. The Morgan fingerprint density at radius 1 is 1.00 bits per heavy atom. The zero-order valence-corrected chi connectivity index (χ0v) is 11.7. The van der Waals surface area contributed by atoms with Crippen molar-refractivity contribution in [1.82, 2.24) is 4.90 Å². The molecule has 0 aromatic carbocycles. The van der Waals surface area contributed by atoms with Gasteiger partial charge < -0.3 is 0 Å². The van der Waals surface area contributed by atoms with Crippen LogP contribution in [0, 0.1) is 17.3 Å². The molecular formula is C14H29N. The van der Waals surface area contributed by atoms with E-state index in [0.29, 0.717) is 11.0 Å². The van der Waals surface area contributed by atoms with Crippen molar-refractivity contribution in [1.29, 1.82) is 0 Å². The van der Waals surface area contributed by atoms with Crippen molar-refractivity contribution in [3.8, 4) is 0 Å². The van der Waals surface area contributed by atoms with E-state index in [1.807, 2.05) is 0 Å². The van der Waals surface area contributed by atoms with Crippen molar-refractivity contribution in [2.24, 2.45) is 17.3 Å². The first-order chi connectivity index (χ1) is 6.66. The molecule has 1 saturated heterocycles. The number of likely N-dealkylation sites (tertiary alicyclic amines) is 1. The molecule has 90 valence electrons. The van der Waals surface area contributed by atoms with E-state index in [-0.39, 0.29) is 0 Å². The average Bonchev–Trinajstić information content (AvgIpc) is 2.44. The Hall–Kier alpha value is -0.0400. The van der Waals surface area contributed by atoms with Crippen LogP contribution in [0.5, 0.6) is 0 Å². The number of hydrogen-bond donors (Lipinski definition) is 0. The maximum atomic E-state index is 2.66. The molecule has 0 radical (unpaired) electrons. The zero-order chi connectivity index (χ0) is 11.9. The fraction of sp³-hybridized carbons (Fsp3) is 1.00. The summed E-state index contributed by atoms with van der Waals surface area (Å²) in [7, 11) is 0. The van der Waals surface area contributed by atoms with Crippen molar-refractivity contribution in [2.75, 3.05) is 13.1 Å². The highest BCUT2D eigenvalue weighted by Crippen LogP contribution is 2.41. The van der Waals surface area contributed by atoms with Crippen LogP contribution >= 0.6 is 0 Å². The first-order valence-electron chi connectivity index (χ1n) is 6.41. The van der Waals surface area contributed by atoms with E-state index in [9.17, 15) is 0 Å². The molecule has 1 nitrogen and oxygen atoms in total. The minimum atomic E-state index is 0.341. The lowest BCUT2D eigenvalue weighted by molar-refractivity contribution is 0.147. The summed E-state index contributed by atoms with van der Waals surface area (Å²) in [4.78, 5) is 2.66. The van der Waals surface area contributed by atoms with Crippen LogP contribution in [-0.4, -0.2) is 23.5 Å². The molecule has 0 aromatic heterocycles. The highest BCUT2D eigenvalue weighted by atomic mass is 15.2. The van der Waals surface area contributed by atoms with Gasteiger partial charge in [0.1, 0.15) is 0 Å². The molecule has 0 aliphatic carbocycles. The number of rotatable bonds is 1. The van der Waals surface area contributed by atoms with E-state index in [0.717, 1.165) is 11.8 Å². The largest absolute Gasteiger partial charge is 0.298 e. The Balaban J connectivity index is 2.76. The minimum Gasteiger partial charge on any atom is -0.298 e. The Morgan fingerprint density at radius 2 is 1.53 bits per heavy atom. The SMILES string of the molecule is CCC1CN(C(C)(C)C)CC1C(C)(C)C. The van der Waals surface area contributed by atoms with E-state index in [1.165, 1.54) is 19.5 Å². The lowest BCUT2D eigenvalue weighted by Crippen LogP contribution is -2.40. The lowest BCUT2D eigenvalue weighted by atomic mass is 9.74. The van der Waals surface area contributed by atoms with Crippen molar-refractivity contribution >= 4 is 0 Å². The van der Waals surface area contributed by atoms with Crippen molar-refractivity contribution < 1.29 is 0 Å². The molecular weight excluding hydrogens is 182 g/mol. The van der Waals surface area contributed by atoms with Gasteiger partial charge >= 0.3 is 0 Å². The summed E-state index contributed by atoms with van der Waals surface area (Å²) < 4.78 is 0. The van der Waals surface area contributed by atoms with E-state index < -0.39 is 0 Å². The Morgan fingerprint density at radius 3 is 1.80 bits per heavy atom. The van der Waals surface area contributed by atoms with E-state index in [1.54, 1.807) is 0 Å². The molecule has 0 spiro atoms. The van der Waals surface area contributed by atoms with Gasteiger partial charge in [-0.25, -0.2) is 0 Å². The van der Waals surface area contributed by atoms with Gasteiger partial charge in [0.25, 0.3) is 0 Å². The molecule has 0 N–H and O–H groups in total. The number of hydrogen-bond acceptors (Lipinski definition) is 1. The Kier molecular flexibility index (Phi) is 3.55. The molecule has 0 amide bonds. The van der Waals surface area contributed by atoms with Gasteiger partial charge in [-0.05, 0) is 38.0 Å². The molecule has 2 unspecified atom stereocenters. The summed E-state index contributed by atoms with van der Waals surface area (Å²) in [5.74, 6) is 1.76. The standard InChI is InChI=1S/C14H29N/c1-8-11-9-15(14(5,6)7)10-12(11)13(2,3)4/h11-12H,8-10H2,1-7H3. The summed E-state index contributed by atoms with van der Waals surface area (Å²) in [5.41, 5.74) is 0.800. The fourth-order valence-electron chi connectivity index (χ4n) is 2.81. The van der Waals surface area contributed by atoms with Gasteiger partial charge in [-0.3, -0.25) is 4.90 Å². The maximum Gasteiger partial charge on any atom is 0.0125 e. The van der Waals surface area contributed by atoms with E-state index in [2.05, 4.69) is 53.4 Å². The summed E-state index contributed by atoms with van der Waals surface area (Å²) >= 11 is 0. The topological polar surface area (TPSA) is 3.24 Å². The third kappa shape index (κ3) is 2.96. The number of nitrogens with zero attached hydrogens (tertiary/aromatic N) is 1. The summed E-state index contributed by atoms with van der Waals surface area (Å²) in [6.07, 6.45) is 1.33. The predicted octanol–water partition coefficient (Wildman–Crippen LogP) is 3.79. The predicted molar refractivity (Wildman–Crippen MR) is 68.1 cm³/mol. The van der Waals surface area contributed by atoms with Gasteiger partial charge in [-0.15, -0.1) is 0 Å². The van der Waals surface area contributed by atoms with Gasteiger partial charge in [0.2, 0.25) is 0 Å². The molecule has 15 heavy (non-hydrogen) atoms. The van der Waals surface area contributed by atoms with Gasteiger partial charge in [0.15, 0.2) is 0 Å². The highest BCUT2D eigenvalue weighted by molar-refractivity contribution is 4.94. The summed E-state index contributed by atoms with van der Waals surface area (Å²) in [6.45, 7) is 19.1. The second kappa shape index (κ2) is 4.08. The summed E-state index contributed by atoms with van der Waals surface area (Å²) in [5, 5.41) is 0. The molecule has 0 bridgehead atoms. The molecule has 1 fully saturated rings. The molecule has 0 aromatic rings. The smallest absolute Gasteiger partial charge is 0.0125 e. The van der Waals surface area contributed by atoms with Crippen LogP contribution in [-0.2, 0) is 0 Å². The monoisotopic (exact) mass is 211 g/mol. The average molecular weight is 211 g/mol. The zero-order valence-electron chi connectivity index (χ0n) is 11.7. The Bertz CT molecular complexity index is 206.